The van der Waals surface area contributed by atoms with Gasteiger partial charge >= 0.3 is 0 Å². The number of aromatic nitrogens is 2. The van der Waals surface area contributed by atoms with Crippen molar-refractivity contribution in [2.24, 2.45) is 13.0 Å². The number of ether oxygens (including phenoxy) is 1. The third-order valence-electron chi connectivity index (χ3n) is 6.22. The van der Waals surface area contributed by atoms with Crippen molar-refractivity contribution >= 4 is 10.0 Å². The van der Waals surface area contributed by atoms with E-state index < -0.39 is 10.0 Å². The van der Waals surface area contributed by atoms with Gasteiger partial charge in [-0.05, 0) is 56.4 Å². The Balaban J connectivity index is 1.85. The minimum atomic E-state index is -3.65. The lowest BCUT2D eigenvalue weighted by Gasteiger charge is -2.36. The van der Waals surface area contributed by atoms with Gasteiger partial charge in [-0.25, -0.2) is 13.4 Å². The molecule has 1 unspecified atom stereocenters. The summed E-state index contributed by atoms with van der Waals surface area (Å²) in [6.07, 6.45) is 11.3. The van der Waals surface area contributed by atoms with E-state index in [4.69, 9.17) is 4.74 Å². The Morgan fingerprint density at radius 3 is 2.50 bits per heavy atom. The third-order valence-corrected chi connectivity index (χ3v) is 8.16. The molecule has 1 aliphatic rings. The Morgan fingerprint density at radius 1 is 1.20 bits per heavy atom. The second-order valence-electron chi connectivity index (χ2n) is 8.36. The summed E-state index contributed by atoms with van der Waals surface area (Å²) in [6, 6.07) is 6.79. The third kappa shape index (κ3) is 5.43. The van der Waals surface area contributed by atoms with Crippen molar-refractivity contribution in [2.75, 3.05) is 6.61 Å². The molecule has 0 saturated heterocycles. The number of rotatable bonds is 10. The van der Waals surface area contributed by atoms with Crippen LogP contribution in [-0.4, -0.2) is 34.9 Å². The molecule has 0 radical (unpaired) electrons. The average Bonchev–Trinajstić information content (AvgIpc) is 3.17. The number of hydrogen-bond acceptors (Lipinski definition) is 4. The van der Waals surface area contributed by atoms with Crippen LogP contribution in [0.15, 0.2) is 41.7 Å². The van der Waals surface area contributed by atoms with Gasteiger partial charge in [0.1, 0.15) is 5.75 Å². The summed E-state index contributed by atoms with van der Waals surface area (Å²) in [7, 11) is -1.74. The van der Waals surface area contributed by atoms with Gasteiger partial charge in [0.05, 0.1) is 30.1 Å². The van der Waals surface area contributed by atoms with Gasteiger partial charge in [0, 0.05) is 19.3 Å². The molecule has 1 aromatic carbocycles. The predicted molar refractivity (Wildman–Crippen MR) is 119 cm³/mol. The number of unbranched alkanes of at least 4 members (excludes halogenated alkanes) is 1. The first-order valence-electron chi connectivity index (χ1n) is 11.1. The Bertz CT molecular complexity index is 887. The van der Waals surface area contributed by atoms with Gasteiger partial charge in [-0.15, -0.1) is 0 Å². The summed E-state index contributed by atoms with van der Waals surface area (Å²) in [5.74, 6) is 1.10. The summed E-state index contributed by atoms with van der Waals surface area (Å²) in [5.41, 5.74) is 0.890. The summed E-state index contributed by atoms with van der Waals surface area (Å²) in [5, 5.41) is 0. The molecular formula is C23H35N3O3S. The first-order chi connectivity index (χ1) is 14.4. The molecule has 6 nitrogen and oxygen atoms in total. The minimum absolute atomic E-state index is 0.0642. The van der Waals surface area contributed by atoms with Crippen LogP contribution < -0.4 is 4.74 Å². The number of benzene rings is 1. The van der Waals surface area contributed by atoms with E-state index in [1.807, 2.05) is 11.6 Å². The maximum absolute atomic E-state index is 13.7. The minimum Gasteiger partial charge on any atom is -0.494 e. The van der Waals surface area contributed by atoms with E-state index in [2.05, 4.69) is 18.8 Å². The zero-order chi connectivity index (χ0) is 21.6. The van der Waals surface area contributed by atoms with Crippen molar-refractivity contribution in [3.63, 3.8) is 0 Å². The Hall–Kier alpha value is -1.86. The summed E-state index contributed by atoms with van der Waals surface area (Å²) < 4.78 is 36.6. The SMILES string of the molecule is CCCCOc1ccc(S(=O)(=O)N(Cc2cncn2C)C(C)C2CCCCC2)cc1. The van der Waals surface area contributed by atoms with Gasteiger partial charge < -0.3 is 9.30 Å². The molecule has 2 aromatic rings. The molecule has 1 atom stereocenters. The standard InChI is InChI=1S/C23H35N3O3S/c1-4-5-15-29-22-11-13-23(14-12-22)30(27,28)26(17-21-16-24-18-25(21)3)19(2)20-9-7-6-8-10-20/h11-14,16,18-20H,4-10,15,17H2,1-3H3. The van der Waals surface area contributed by atoms with Gasteiger partial charge in [-0.1, -0.05) is 32.6 Å². The van der Waals surface area contributed by atoms with Crippen molar-refractivity contribution in [3.05, 3.63) is 42.5 Å². The number of aryl methyl sites for hydroxylation is 1. The molecule has 0 amide bonds. The monoisotopic (exact) mass is 433 g/mol. The molecule has 1 fully saturated rings. The maximum Gasteiger partial charge on any atom is 0.243 e. The van der Waals surface area contributed by atoms with Crippen molar-refractivity contribution in [2.45, 2.75) is 76.3 Å². The van der Waals surface area contributed by atoms with E-state index in [0.717, 1.165) is 31.4 Å². The largest absolute Gasteiger partial charge is 0.494 e. The Kier molecular flexibility index (Phi) is 7.94. The highest BCUT2D eigenvalue weighted by molar-refractivity contribution is 7.89. The van der Waals surface area contributed by atoms with E-state index in [-0.39, 0.29) is 6.04 Å². The van der Waals surface area contributed by atoms with Gasteiger partial charge in [0.2, 0.25) is 10.0 Å². The fourth-order valence-corrected chi connectivity index (χ4v) is 5.84. The van der Waals surface area contributed by atoms with Crippen LogP contribution in [0.1, 0.15) is 64.5 Å². The Labute approximate surface area is 181 Å². The number of nitrogens with zero attached hydrogens (tertiary/aromatic N) is 3. The van der Waals surface area contributed by atoms with Gasteiger partial charge in [-0.3, -0.25) is 0 Å². The zero-order valence-electron chi connectivity index (χ0n) is 18.5. The average molecular weight is 434 g/mol. The van der Waals surface area contributed by atoms with Crippen molar-refractivity contribution < 1.29 is 13.2 Å². The first kappa shape index (κ1) is 22.8. The quantitative estimate of drug-likeness (QED) is 0.507. The molecule has 0 aliphatic heterocycles. The molecule has 1 saturated carbocycles. The van der Waals surface area contributed by atoms with Crippen LogP contribution >= 0.6 is 0 Å². The molecule has 1 aliphatic carbocycles. The molecule has 166 valence electrons. The molecule has 3 rings (SSSR count). The van der Waals surface area contributed by atoms with Crippen molar-refractivity contribution in [3.8, 4) is 5.75 Å². The smallest absolute Gasteiger partial charge is 0.243 e. The molecule has 0 spiro atoms. The van der Waals surface area contributed by atoms with Crippen LogP contribution in [0.25, 0.3) is 0 Å². The topological polar surface area (TPSA) is 64.4 Å². The Morgan fingerprint density at radius 2 is 1.90 bits per heavy atom. The molecular weight excluding hydrogens is 398 g/mol. The molecule has 7 heteroatoms. The molecule has 1 aromatic heterocycles. The lowest BCUT2D eigenvalue weighted by Crippen LogP contribution is -2.43. The van der Waals surface area contributed by atoms with Gasteiger partial charge in [-0.2, -0.15) is 4.31 Å². The highest BCUT2D eigenvalue weighted by Gasteiger charge is 2.34. The zero-order valence-corrected chi connectivity index (χ0v) is 19.3. The fraction of sp³-hybridized carbons (Fsp3) is 0.609. The number of sulfonamides is 1. The second-order valence-corrected chi connectivity index (χ2v) is 10.2. The highest BCUT2D eigenvalue weighted by atomic mass is 32.2. The predicted octanol–water partition coefficient (Wildman–Crippen LogP) is 4.76. The normalized spacial score (nSPS) is 16.7. The molecule has 1 heterocycles. The van der Waals surface area contributed by atoms with Crippen LogP contribution in [0.3, 0.4) is 0 Å². The van der Waals surface area contributed by atoms with Crippen LogP contribution in [0.4, 0.5) is 0 Å². The fourth-order valence-electron chi connectivity index (χ4n) is 4.17. The van der Waals surface area contributed by atoms with Crippen molar-refractivity contribution in [1.29, 1.82) is 0 Å². The van der Waals surface area contributed by atoms with Gasteiger partial charge in [0.15, 0.2) is 0 Å². The lowest BCUT2D eigenvalue weighted by atomic mass is 9.84. The lowest BCUT2D eigenvalue weighted by molar-refractivity contribution is 0.199. The van der Waals surface area contributed by atoms with Crippen LogP contribution in [0.5, 0.6) is 5.75 Å². The van der Waals surface area contributed by atoms with E-state index in [0.29, 0.717) is 29.7 Å². The number of hydrogen-bond donors (Lipinski definition) is 0. The van der Waals surface area contributed by atoms with E-state index in [1.165, 1.54) is 19.3 Å². The first-order valence-corrected chi connectivity index (χ1v) is 12.6. The summed E-state index contributed by atoms with van der Waals surface area (Å²) >= 11 is 0. The van der Waals surface area contributed by atoms with E-state index >= 15 is 0 Å². The molecule has 0 bridgehead atoms. The molecule has 0 N–H and O–H groups in total. The molecule has 30 heavy (non-hydrogen) atoms. The second kappa shape index (κ2) is 10.4. The maximum atomic E-state index is 13.7. The summed E-state index contributed by atoms with van der Waals surface area (Å²) in [4.78, 5) is 4.49. The van der Waals surface area contributed by atoms with Crippen molar-refractivity contribution in [1.82, 2.24) is 13.9 Å². The van der Waals surface area contributed by atoms with Crippen LogP contribution in [0.2, 0.25) is 0 Å². The van der Waals surface area contributed by atoms with Crippen LogP contribution in [0, 0.1) is 5.92 Å². The summed E-state index contributed by atoms with van der Waals surface area (Å²) in [6.45, 7) is 5.15. The van der Waals surface area contributed by atoms with Gasteiger partial charge in [0.25, 0.3) is 0 Å². The highest BCUT2D eigenvalue weighted by Crippen LogP contribution is 2.33. The number of imidazole rings is 1. The van der Waals surface area contributed by atoms with E-state index in [1.54, 1.807) is 41.1 Å². The van der Waals surface area contributed by atoms with E-state index in [9.17, 15) is 8.42 Å². The van der Waals surface area contributed by atoms with Crippen LogP contribution in [-0.2, 0) is 23.6 Å².